The lowest BCUT2D eigenvalue weighted by Gasteiger charge is -2.35. The minimum absolute atomic E-state index is 0.0608. The standard InChI is InChI=1S/C15H19N3O3/c19-14-16-13-4-2-1-3-12(13)10-18(14)9-11-5-7-17(8-6-11)15(20)21/h1-4,11H,5-10H2,(H,16,19)(H,20,21). The van der Waals surface area contributed by atoms with Crippen molar-refractivity contribution in [3.8, 4) is 0 Å². The van der Waals surface area contributed by atoms with Crippen molar-refractivity contribution in [2.45, 2.75) is 19.4 Å². The van der Waals surface area contributed by atoms with E-state index in [4.69, 9.17) is 5.11 Å². The molecule has 0 aliphatic carbocycles. The molecule has 0 spiro atoms. The highest BCUT2D eigenvalue weighted by Gasteiger charge is 2.28. The summed E-state index contributed by atoms with van der Waals surface area (Å²) in [5, 5.41) is 11.9. The number of piperidine rings is 1. The largest absolute Gasteiger partial charge is 0.465 e. The third kappa shape index (κ3) is 2.94. The lowest BCUT2D eigenvalue weighted by molar-refractivity contribution is 0.115. The fourth-order valence-electron chi connectivity index (χ4n) is 3.02. The van der Waals surface area contributed by atoms with Crippen LogP contribution in [-0.2, 0) is 6.54 Å². The molecule has 21 heavy (non-hydrogen) atoms. The number of amides is 3. The summed E-state index contributed by atoms with van der Waals surface area (Å²) in [6.45, 7) is 2.44. The number of rotatable bonds is 2. The van der Waals surface area contributed by atoms with E-state index in [2.05, 4.69) is 5.32 Å². The number of likely N-dealkylation sites (tertiary alicyclic amines) is 1. The number of carbonyl (C=O) groups is 2. The number of urea groups is 1. The van der Waals surface area contributed by atoms with Gasteiger partial charge in [0.1, 0.15) is 0 Å². The van der Waals surface area contributed by atoms with Crippen molar-refractivity contribution in [2.75, 3.05) is 25.0 Å². The Morgan fingerprint density at radius 1 is 1.29 bits per heavy atom. The number of nitrogens with zero attached hydrogens (tertiary/aromatic N) is 2. The topological polar surface area (TPSA) is 72.9 Å². The third-order valence-electron chi connectivity index (χ3n) is 4.27. The van der Waals surface area contributed by atoms with Crippen molar-refractivity contribution in [1.29, 1.82) is 0 Å². The van der Waals surface area contributed by atoms with Gasteiger partial charge in [-0.3, -0.25) is 0 Å². The van der Waals surface area contributed by atoms with E-state index in [0.29, 0.717) is 32.1 Å². The molecule has 2 N–H and O–H groups in total. The summed E-state index contributed by atoms with van der Waals surface area (Å²) >= 11 is 0. The van der Waals surface area contributed by atoms with Crippen molar-refractivity contribution < 1.29 is 14.7 Å². The molecule has 0 radical (unpaired) electrons. The second-order valence-corrected chi connectivity index (χ2v) is 5.68. The molecular formula is C15H19N3O3. The van der Waals surface area contributed by atoms with E-state index in [-0.39, 0.29) is 6.03 Å². The molecule has 0 saturated carbocycles. The van der Waals surface area contributed by atoms with Crippen LogP contribution in [-0.4, -0.2) is 46.7 Å². The molecule has 1 aromatic carbocycles. The smallest absolute Gasteiger partial charge is 0.407 e. The van der Waals surface area contributed by atoms with Gasteiger partial charge in [-0.2, -0.15) is 0 Å². The molecule has 0 aromatic heterocycles. The predicted octanol–water partition coefficient (Wildman–Crippen LogP) is 2.42. The van der Waals surface area contributed by atoms with Crippen LogP contribution in [0.5, 0.6) is 0 Å². The first-order valence-electron chi connectivity index (χ1n) is 7.25. The Labute approximate surface area is 123 Å². The summed E-state index contributed by atoms with van der Waals surface area (Å²) in [5.74, 6) is 0.372. The molecule has 1 saturated heterocycles. The zero-order chi connectivity index (χ0) is 14.8. The summed E-state index contributed by atoms with van der Waals surface area (Å²) in [4.78, 5) is 26.3. The van der Waals surface area contributed by atoms with E-state index in [9.17, 15) is 9.59 Å². The summed E-state index contributed by atoms with van der Waals surface area (Å²) in [7, 11) is 0. The van der Waals surface area contributed by atoms with Crippen LogP contribution in [0.4, 0.5) is 15.3 Å². The number of hydrogen-bond donors (Lipinski definition) is 2. The molecule has 6 heteroatoms. The molecule has 3 amide bonds. The van der Waals surface area contributed by atoms with Gasteiger partial charge in [-0.15, -0.1) is 0 Å². The summed E-state index contributed by atoms with van der Waals surface area (Å²) < 4.78 is 0. The summed E-state index contributed by atoms with van der Waals surface area (Å²) in [6, 6.07) is 7.76. The Bertz CT molecular complexity index is 553. The maximum atomic E-state index is 12.1. The van der Waals surface area contributed by atoms with Crippen LogP contribution < -0.4 is 5.32 Å². The molecular weight excluding hydrogens is 270 g/mol. The van der Waals surface area contributed by atoms with Crippen LogP contribution in [0.1, 0.15) is 18.4 Å². The molecule has 112 valence electrons. The average Bonchev–Trinajstić information content (AvgIpc) is 2.48. The second-order valence-electron chi connectivity index (χ2n) is 5.68. The minimum atomic E-state index is -0.849. The van der Waals surface area contributed by atoms with Crippen molar-refractivity contribution in [2.24, 2.45) is 5.92 Å². The van der Waals surface area contributed by atoms with E-state index in [1.165, 1.54) is 4.90 Å². The van der Waals surface area contributed by atoms with Crippen LogP contribution in [0.15, 0.2) is 24.3 Å². The van der Waals surface area contributed by atoms with Crippen molar-refractivity contribution in [3.05, 3.63) is 29.8 Å². The first-order valence-corrected chi connectivity index (χ1v) is 7.25. The Morgan fingerprint density at radius 3 is 2.71 bits per heavy atom. The Morgan fingerprint density at radius 2 is 2.00 bits per heavy atom. The average molecular weight is 289 g/mol. The van der Waals surface area contributed by atoms with Crippen molar-refractivity contribution in [3.63, 3.8) is 0 Å². The van der Waals surface area contributed by atoms with Gasteiger partial charge in [0.15, 0.2) is 0 Å². The Kier molecular flexibility index (Phi) is 3.68. The molecule has 6 nitrogen and oxygen atoms in total. The first-order chi connectivity index (χ1) is 10.1. The Hall–Kier alpha value is -2.24. The molecule has 3 rings (SSSR count). The predicted molar refractivity (Wildman–Crippen MR) is 78.2 cm³/mol. The quantitative estimate of drug-likeness (QED) is 0.878. The van der Waals surface area contributed by atoms with Crippen LogP contribution in [0.3, 0.4) is 0 Å². The highest BCUT2D eigenvalue weighted by Crippen LogP contribution is 2.25. The van der Waals surface area contributed by atoms with Crippen molar-refractivity contribution in [1.82, 2.24) is 9.80 Å². The van der Waals surface area contributed by atoms with Gasteiger partial charge in [0.2, 0.25) is 0 Å². The maximum Gasteiger partial charge on any atom is 0.407 e. The van der Waals surface area contributed by atoms with Gasteiger partial charge in [-0.1, -0.05) is 18.2 Å². The van der Waals surface area contributed by atoms with E-state index >= 15 is 0 Å². The van der Waals surface area contributed by atoms with E-state index in [1.54, 1.807) is 0 Å². The zero-order valence-corrected chi connectivity index (χ0v) is 11.8. The first kappa shape index (κ1) is 13.7. The van der Waals surface area contributed by atoms with E-state index < -0.39 is 6.09 Å². The Balaban J connectivity index is 1.59. The van der Waals surface area contributed by atoms with Gasteiger partial charge in [-0.25, -0.2) is 9.59 Å². The zero-order valence-electron chi connectivity index (χ0n) is 11.8. The lowest BCUT2D eigenvalue weighted by atomic mass is 9.96. The molecule has 0 unspecified atom stereocenters. The van der Waals surface area contributed by atoms with Gasteiger partial charge in [0.25, 0.3) is 0 Å². The van der Waals surface area contributed by atoms with Gasteiger partial charge in [0.05, 0.1) is 0 Å². The van der Waals surface area contributed by atoms with Gasteiger partial charge < -0.3 is 20.2 Å². The molecule has 2 aliphatic rings. The molecule has 0 atom stereocenters. The number of benzene rings is 1. The summed E-state index contributed by atoms with van der Waals surface area (Å²) in [6.07, 6.45) is 0.785. The summed E-state index contributed by atoms with van der Waals surface area (Å²) in [5.41, 5.74) is 2.01. The van der Waals surface area contributed by atoms with Crippen molar-refractivity contribution >= 4 is 17.8 Å². The van der Waals surface area contributed by atoms with E-state index in [1.807, 2.05) is 29.2 Å². The second kappa shape index (κ2) is 5.63. The number of anilines is 1. The molecule has 1 aromatic rings. The number of hydrogen-bond acceptors (Lipinski definition) is 2. The highest BCUT2D eigenvalue weighted by atomic mass is 16.4. The van der Waals surface area contributed by atoms with Crippen LogP contribution in [0.25, 0.3) is 0 Å². The SMILES string of the molecule is O=C(O)N1CCC(CN2Cc3ccccc3NC2=O)CC1. The van der Waals surface area contributed by atoms with Crippen LogP contribution in [0, 0.1) is 5.92 Å². The fourth-order valence-corrected chi connectivity index (χ4v) is 3.02. The molecule has 2 heterocycles. The lowest BCUT2D eigenvalue weighted by Crippen LogP contribution is -2.45. The van der Waals surface area contributed by atoms with E-state index in [0.717, 1.165) is 24.1 Å². The number of nitrogens with one attached hydrogen (secondary N) is 1. The number of para-hydroxylation sites is 1. The number of fused-ring (bicyclic) bond motifs is 1. The van der Waals surface area contributed by atoms with Gasteiger partial charge >= 0.3 is 12.1 Å². The van der Waals surface area contributed by atoms with Gasteiger partial charge in [-0.05, 0) is 30.4 Å². The number of carbonyl (C=O) groups excluding carboxylic acids is 1. The minimum Gasteiger partial charge on any atom is -0.465 e. The monoisotopic (exact) mass is 289 g/mol. The molecule has 2 aliphatic heterocycles. The van der Waals surface area contributed by atoms with Gasteiger partial charge in [0, 0.05) is 31.9 Å². The molecule has 1 fully saturated rings. The fraction of sp³-hybridized carbons (Fsp3) is 0.467. The van der Waals surface area contributed by atoms with Crippen LogP contribution >= 0.6 is 0 Å². The maximum absolute atomic E-state index is 12.1. The molecule has 0 bridgehead atoms. The third-order valence-corrected chi connectivity index (χ3v) is 4.27. The number of carboxylic acid groups (broad SMARTS) is 1. The highest BCUT2D eigenvalue weighted by molar-refractivity contribution is 5.92. The normalized spacial score (nSPS) is 19.1. The van der Waals surface area contributed by atoms with Crippen LogP contribution in [0.2, 0.25) is 0 Å².